The average Bonchev–Trinajstić information content (AvgIpc) is 3.60. The quantitative estimate of drug-likeness (QED) is 0.265. The Kier molecular flexibility index (Phi) is 9.94. The molecule has 13 heteroatoms. The van der Waals surface area contributed by atoms with Crippen LogP contribution in [0, 0.1) is 0 Å². The summed E-state index contributed by atoms with van der Waals surface area (Å²) in [4.78, 5) is 55.4. The summed E-state index contributed by atoms with van der Waals surface area (Å²) in [5.74, 6) is -1.55. The van der Waals surface area contributed by atoms with Crippen molar-refractivity contribution in [3.63, 3.8) is 0 Å². The molecule has 0 atom stereocenters. The van der Waals surface area contributed by atoms with Gasteiger partial charge in [-0.05, 0) is 49.9 Å². The number of methoxy groups -OCH3 is 2. The Balaban J connectivity index is 1.43. The van der Waals surface area contributed by atoms with Gasteiger partial charge in [0.25, 0.3) is 5.91 Å². The molecule has 0 unspecified atom stereocenters. The predicted octanol–water partition coefficient (Wildman–Crippen LogP) is 3.66. The summed E-state index contributed by atoms with van der Waals surface area (Å²) in [7, 11) is 2.65. The molecule has 1 aliphatic rings. The summed E-state index contributed by atoms with van der Waals surface area (Å²) in [5, 5.41) is 3.32. The number of rotatable bonds is 11. The molecule has 4 rings (SSSR count). The first-order valence-corrected chi connectivity index (χ1v) is 15.1. The minimum Gasteiger partial charge on any atom is -0.465 e. The highest BCUT2D eigenvalue weighted by Crippen LogP contribution is 2.39. The molecular formula is C26H29N3O7S3. The number of fused-ring (bicyclic) bond motifs is 2. The third-order valence-corrected chi connectivity index (χ3v) is 9.18. The van der Waals surface area contributed by atoms with Crippen molar-refractivity contribution in [3.8, 4) is 0 Å². The molecule has 0 bridgehead atoms. The monoisotopic (exact) mass is 591 g/mol. The summed E-state index contributed by atoms with van der Waals surface area (Å²) in [6.45, 7) is 3.40. The first-order chi connectivity index (χ1) is 18.9. The maximum Gasteiger partial charge on any atom is 0.341 e. The van der Waals surface area contributed by atoms with Crippen molar-refractivity contribution in [2.75, 3.05) is 44.3 Å². The van der Waals surface area contributed by atoms with E-state index < -0.39 is 11.9 Å². The van der Waals surface area contributed by atoms with Crippen LogP contribution in [0.1, 0.15) is 44.5 Å². The number of nitrogens with zero attached hydrogens (tertiary/aromatic N) is 2. The van der Waals surface area contributed by atoms with Crippen molar-refractivity contribution in [1.82, 2.24) is 4.57 Å². The fourth-order valence-corrected chi connectivity index (χ4v) is 7.27. The van der Waals surface area contributed by atoms with Gasteiger partial charge in [-0.25, -0.2) is 9.59 Å². The van der Waals surface area contributed by atoms with E-state index in [-0.39, 0.29) is 23.3 Å². The zero-order chi connectivity index (χ0) is 27.9. The summed E-state index contributed by atoms with van der Waals surface area (Å²) >= 11 is 3.85. The van der Waals surface area contributed by atoms with Crippen molar-refractivity contribution in [2.45, 2.75) is 32.7 Å². The fraction of sp³-hybridized carbons (Fsp3) is 0.423. The number of thioether (sulfide) groups is 1. The number of nitrogens with one attached hydrogen (secondary N) is 1. The van der Waals surface area contributed by atoms with Crippen molar-refractivity contribution >= 4 is 73.4 Å². The standard InChI is InChI=1S/C26H29N3O7S3/c1-4-36-11-10-29-17-9-8-15(24(32)34-2)12-19(17)39-26(29)28-21(31)14-37-13-20(30)27-23-22(25(33)35-3)16-6-5-7-18(16)38-23/h8-9,12H,4-7,10-11,13-14H2,1-3H3,(H,27,30). The van der Waals surface area contributed by atoms with Crippen molar-refractivity contribution in [1.29, 1.82) is 0 Å². The van der Waals surface area contributed by atoms with Gasteiger partial charge in [0.2, 0.25) is 5.91 Å². The molecule has 0 radical (unpaired) electrons. The van der Waals surface area contributed by atoms with Gasteiger partial charge in [-0.2, -0.15) is 4.99 Å². The highest BCUT2D eigenvalue weighted by atomic mass is 32.2. The molecule has 2 aromatic heterocycles. The fourth-order valence-electron chi connectivity index (χ4n) is 4.26. The van der Waals surface area contributed by atoms with Crippen LogP contribution in [0.25, 0.3) is 10.2 Å². The van der Waals surface area contributed by atoms with Gasteiger partial charge in [0, 0.05) is 18.0 Å². The molecule has 1 aromatic carbocycles. The van der Waals surface area contributed by atoms with Gasteiger partial charge in [0.1, 0.15) is 5.00 Å². The van der Waals surface area contributed by atoms with Gasteiger partial charge in [-0.3, -0.25) is 9.59 Å². The highest BCUT2D eigenvalue weighted by Gasteiger charge is 2.28. The number of amides is 2. The lowest BCUT2D eigenvalue weighted by molar-refractivity contribution is -0.115. The van der Waals surface area contributed by atoms with E-state index in [0.29, 0.717) is 40.7 Å². The van der Waals surface area contributed by atoms with E-state index in [1.807, 2.05) is 11.5 Å². The van der Waals surface area contributed by atoms with Crippen molar-refractivity contribution in [2.24, 2.45) is 4.99 Å². The van der Waals surface area contributed by atoms with Gasteiger partial charge in [-0.15, -0.1) is 23.1 Å². The number of benzene rings is 1. The van der Waals surface area contributed by atoms with Gasteiger partial charge >= 0.3 is 11.9 Å². The maximum absolute atomic E-state index is 12.7. The van der Waals surface area contributed by atoms with Crippen LogP contribution < -0.4 is 10.1 Å². The molecule has 1 aliphatic carbocycles. The second-order valence-corrected chi connectivity index (χ2v) is 11.6. The third-order valence-electron chi connectivity index (χ3n) is 6.01. The summed E-state index contributed by atoms with van der Waals surface area (Å²) in [6, 6.07) is 5.19. The lowest BCUT2D eigenvalue weighted by atomic mass is 10.1. The van der Waals surface area contributed by atoms with E-state index >= 15 is 0 Å². The van der Waals surface area contributed by atoms with Crippen molar-refractivity contribution in [3.05, 3.63) is 44.6 Å². The molecule has 0 fully saturated rings. The largest absolute Gasteiger partial charge is 0.465 e. The number of thiazole rings is 1. The van der Waals surface area contributed by atoms with Crippen LogP contribution in [0.2, 0.25) is 0 Å². The summed E-state index contributed by atoms with van der Waals surface area (Å²) < 4.78 is 17.9. The number of esters is 2. The molecule has 2 heterocycles. The van der Waals surface area contributed by atoms with Crippen molar-refractivity contribution < 1.29 is 33.4 Å². The molecule has 3 aromatic rings. The number of ether oxygens (including phenoxy) is 3. The molecule has 0 saturated heterocycles. The molecular weight excluding hydrogens is 563 g/mol. The highest BCUT2D eigenvalue weighted by molar-refractivity contribution is 8.00. The Morgan fingerprint density at radius 1 is 1.08 bits per heavy atom. The number of anilines is 1. The van der Waals surface area contributed by atoms with Gasteiger partial charge < -0.3 is 24.1 Å². The third kappa shape index (κ3) is 6.78. The molecule has 0 spiro atoms. The Morgan fingerprint density at radius 3 is 2.62 bits per heavy atom. The Hall–Kier alpha value is -3.00. The van der Waals surface area contributed by atoms with Crippen LogP contribution in [0.4, 0.5) is 5.00 Å². The maximum atomic E-state index is 12.7. The molecule has 10 nitrogen and oxygen atoms in total. The number of carbonyl (C=O) groups is 4. The summed E-state index contributed by atoms with van der Waals surface area (Å²) in [5.41, 5.74) is 2.64. The number of aryl methyl sites for hydroxylation is 1. The van der Waals surface area contributed by atoms with Crippen LogP contribution in [0.15, 0.2) is 23.2 Å². The van der Waals surface area contributed by atoms with Crippen LogP contribution in [0.5, 0.6) is 0 Å². The Bertz CT molecular complexity index is 1470. The number of thiophene rings is 1. The summed E-state index contributed by atoms with van der Waals surface area (Å²) in [6.07, 6.45) is 2.67. The van der Waals surface area contributed by atoms with Gasteiger partial charge in [0.05, 0.1) is 53.7 Å². The molecule has 39 heavy (non-hydrogen) atoms. The van der Waals surface area contributed by atoms with Crippen LogP contribution in [0.3, 0.4) is 0 Å². The Labute approximate surface area is 237 Å². The molecule has 2 amide bonds. The minimum absolute atomic E-state index is 0.00529. The number of aromatic nitrogens is 1. The predicted molar refractivity (Wildman–Crippen MR) is 152 cm³/mol. The first kappa shape index (κ1) is 29.0. The second kappa shape index (κ2) is 13.4. The molecule has 0 aliphatic heterocycles. The van der Waals surface area contributed by atoms with Crippen LogP contribution in [-0.2, 0) is 43.2 Å². The topological polar surface area (TPSA) is 125 Å². The zero-order valence-electron chi connectivity index (χ0n) is 21.9. The molecule has 1 N–H and O–H groups in total. The SMILES string of the molecule is CCOCCn1c(=NC(=O)CSCC(=O)Nc2sc3c(c2C(=O)OC)CCC3)sc2cc(C(=O)OC)ccc21. The zero-order valence-corrected chi connectivity index (χ0v) is 24.3. The van der Waals surface area contributed by atoms with E-state index in [2.05, 4.69) is 10.3 Å². The minimum atomic E-state index is -0.453. The average molecular weight is 592 g/mol. The molecule has 208 valence electrons. The number of hydrogen-bond acceptors (Lipinski definition) is 10. The van der Waals surface area contributed by atoms with E-state index in [9.17, 15) is 19.2 Å². The smallest absolute Gasteiger partial charge is 0.341 e. The number of carbonyl (C=O) groups excluding carboxylic acids is 4. The van der Waals surface area contributed by atoms with E-state index in [1.165, 1.54) is 36.9 Å². The first-order valence-electron chi connectivity index (χ1n) is 12.3. The van der Waals surface area contributed by atoms with Gasteiger partial charge in [-0.1, -0.05) is 11.3 Å². The second-order valence-electron chi connectivity index (χ2n) is 8.51. The van der Waals surface area contributed by atoms with E-state index in [1.54, 1.807) is 18.2 Å². The van der Waals surface area contributed by atoms with Crippen LogP contribution in [-0.4, -0.2) is 67.3 Å². The van der Waals surface area contributed by atoms with Gasteiger partial charge in [0.15, 0.2) is 4.80 Å². The molecule has 0 saturated carbocycles. The van der Waals surface area contributed by atoms with Crippen LogP contribution >= 0.6 is 34.4 Å². The normalized spacial score (nSPS) is 12.9. The number of hydrogen-bond donors (Lipinski definition) is 1. The lowest BCUT2D eigenvalue weighted by Gasteiger charge is -2.07. The lowest BCUT2D eigenvalue weighted by Crippen LogP contribution is -2.20. The Morgan fingerprint density at radius 2 is 1.87 bits per heavy atom. The van der Waals surface area contributed by atoms with E-state index in [0.717, 1.165) is 51.7 Å². The van der Waals surface area contributed by atoms with E-state index in [4.69, 9.17) is 14.2 Å².